The zero-order chi connectivity index (χ0) is 24.6. The summed E-state index contributed by atoms with van der Waals surface area (Å²) in [6.45, 7) is 10.00. The lowest BCUT2D eigenvalue weighted by Gasteiger charge is -2.30. The third-order valence-electron chi connectivity index (χ3n) is 6.18. The molecule has 1 aliphatic rings. The average Bonchev–Trinajstić information content (AvgIpc) is 2.83. The van der Waals surface area contributed by atoms with E-state index in [2.05, 4.69) is 17.1 Å². The van der Waals surface area contributed by atoms with Gasteiger partial charge in [-0.3, -0.25) is 9.10 Å². The standard InChI is InChI=1S/C26H37N3O4S/c1-4-33-24-10-12-25(13-11-24)34(31,32)29(23-8-6-21(2)7-9-23)20-26(30)27-16-5-17-28-18-14-22(3)15-19-28/h6-13,22H,4-5,14-20H2,1-3H3,(H,27,30). The molecule has 1 amide bonds. The second-order valence-corrected chi connectivity index (χ2v) is 10.8. The third-order valence-corrected chi connectivity index (χ3v) is 7.97. The summed E-state index contributed by atoms with van der Waals surface area (Å²) in [6.07, 6.45) is 3.29. The minimum Gasteiger partial charge on any atom is -0.494 e. The smallest absolute Gasteiger partial charge is 0.264 e. The number of nitrogens with one attached hydrogen (secondary N) is 1. The van der Waals surface area contributed by atoms with E-state index in [9.17, 15) is 13.2 Å². The summed E-state index contributed by atoms with van der Waals surface area (Å²) < 4.78 is 33.6. The Morgan fingerprint density at radius 3 is 2.35 bits per heavy atom. The lowest BCUT2D eigenvalue weighted by atomic mass is 9.99. The monoisotopic (exact) mass is 487 g/mol. The number of anilines is 1. The Bertz CT molecular complexity index is 1020. The number of aryl methyl sites for hydroxylation is 1. The van der Waals surface area contributed by atoms with Crippen LogP contribution in [-0.4, -0.2) is 58.6 Å². The van der Waals surface area contributed by atoms with Gasteiger partial charge in [0.1, 0.15) is 12.3 Å². The molecule has 1 aliphatic heterocycles. The van der Waals surface area contributed by atoms with Gasteiger partial charge in [0.2, 0.25) is 5.91 Å². The van der Waals surface area contributed by atoms with E-state index in [0.717, 1.165) is 37.5 Å². The predicted octanol–water partition coefficient (Wildman–Crippen LogP) is 3.83. The van der Waals surface area contributed by atoms with E-state index < -0.39 is 10.0 Å². The first-order valence-electron chi connectivity index (χ1n) is 12.1. The van der Waals surface area contributed by atoms with E-state index in [1.807, 2.05) is 26.0 Å². The van der Waals surface area contributed by atoms with Gasteiger partial charge in [-0.25, -0.2) is 8.42 Å². The summed E-state index contributed by atoms with van der Waals surface area (Å²) >= 11 is 0. The van der Waals surface area contributed by atoms with E-state index in [-0.39, 0.29) is 17.3 Å². The van der Waals surface area contributed by atoms with Crippen molar-refractivity contribution in [3.8, 4) is 5.75 Å². The molecule has 8 heteroatoms. The second-order valence-electron chi connectivity index (χ2n) is 8.98. The quantitative estimate of drug-likeness (QED) is 0.488. The molecule has 34 heavy (non-hydrogen) atoms. The van der Waals surface area contributed by atoms with Crippen LogP contribution in [0.1, 0.15) is 38.7 Å². The molecule has 0 saturated carbocycles. The Kier molecular flexibility index (Phi) is 9.36. The number of sulfonamides is 1. The number of hydrogen-bond donors (Lipinski definition) is 1. The number of carbonyl (C=O) groups excluding carboxylic acids is 1. The molecule has 7 nitrogen and oxygen atoms in total. The van der Waals surface area contributed by atoms with Crippen molar-refractivity contribution in [3.63, 3.8) is 0 Å². The van der Waals surface area contributed by atoms with Crippen LogP contribution in [0.3, 0.4) is 0 Å². The lowest BCUT2D eigenvalue weighted by Crippen LogP contribution is -2.42. The first-order valence-corrected chi connectivity index (χ1v) is 13.5. The van der Waals surface area contributed by atoms with Crippen molar-refractivity contribution in [3.05, 3.63) is 54.1 Å². The van der Waals surface area contributed by atoms with Crippen molar-refractivity contribution >= 4 is 21.6 Å². The molecule has 0 radical (unpaired) electrons. The highest BCUT2D eigenvalue weighted by Crippen LogP contribution is 2.25. The highest BCUT2D eigenvalue weighted by molar-refractivity contribution is 7.92. The van der Waals surface area contributed by atoms with E-state index in [4.69, 9.17) is 4.74 Å². The molecule has 0 bridgehead atoms. The van der Waals surface area contributed by atoms with E-state index in [1.54, 1.807) is 24.3 Å². The Morgan fingerprint density at radius 2 is 1.74 bits per heavy atom. The molecular formula is C26H37N3O4S. The largest absolute Gasteiger partial charge is 0.494 e. The van der Waals surface area contributed by atoms with Crippen LogP contribution in [0, 0.1) is 12.8 Å². The number of likely N-dealkylation sites (tertiary alicyclic amines) is 1. The molecule has 0 aliphatic carbocycles. The van der Waals surface area contributed by atoms with Gasteiger partial charge in [-0.2, -0.15) is 0 Å². The minimum atomic E-state index is -3.94. The molecular weight excluding hydrogens is 450 g/mol. The number of amides is 1. The molecule has 0 atom stereocenters. The van der Waals surface area contributed by atoms with Gasteiger partial charge in [0.15, 0.2) is 0 Å². The number of hydrogen-bond acceptors (Lipinski definition) is 5. The zero-order valence-corrected chi connectivity index (χ0v) is 21.3. The van der Waals surface area contributed by atoms with Gasteiger partial charge in [-0.05, 0) is 95.1 Å². The molecule has 0 aromatic heterocycles. The summed E-state index contributed by atoms with van der Waals surface area (Å²) in [4.78, 5) is 15.3. The van der Waals surface area contributed by atoms with Crippen molar-refractivity contribution in [1.82, 2.24) is 10.2 Å². The van der Waals surface area contributed by atoms with Crippen LogP contribution in [0.4, 0.5) is 5.69 Å². The van der Waals surface area contributed by atoms with Crippen LogP contribution in [0.5, 0.6) is 5.75 Å². The fourth-order valence-electron chi connectivity index (χ4n) is 4.03. The summed E-state index contributed by atoms with van der Waals surface area (Å²) in [6, 6.07) is 13.4. The van der Waals surface area contributed by atoms with Crippen LogP contribution in [-0.2, 0) is 14.8 Å². The topological polar surface area (TPSA) is 79.0 Å². The van der Waals surface area contributed by atoms with Crippen molar-refractivity contribution in [2.45, 2.75) is 44.9 Å². The van der Waals surface area contributed by atoms with Gasteiger partial charge in [-0.1, -0.05) is 24.6 Å². The molecule has 2 aromatic rings. The maximum atomic E-state index is 13.5. The van der Waals surface area contributed by atoms with Gasteiger partial charge >= 0.3 is 0 Å². The van der Waals surface area contributed by atoms with Crippen molar-refractivity contribution < 1.29 is 17.9 Å². The van der Waals surface area contributed by atoms with Gasteiger partial charge in [0.05, 0.1) is 17.2 Å². The Hall–Kier alpha value is -2.58. The Labute approximate surface area is 204 Å². The highest BCUT2D eigenvalue weighted by atomic mass is 32.2. The molecule has 1 saturated heterocycles. The molecule has 1 N–H and O–H groups in total. The first kappa shape index (κ1) is 26.0. The highest BCUT2D eigenvalue weighted by Gasteiger charge is 2.27. The number of piperidine rings is 1. The molecule has 1 fully saturated rings. The number of rotatable bonds is 11. The summed E-state index contributed by atoms with van der Waals surface area (Å²) in [5.41, 5.74) is 1.47. The van der Waals surface area contributed by atoms with Crippen molar-refractivity contribution in [2.75, 3.05) is 43.6 Å². The first-order chi connectivity index (χ1) is 16.3. The van der Waals surface area contributed by atoms with Gasteiger partial charge in [0, 0.05) is 6.54 Å². The van der Waals surface area contributed by atoms with Crippen molar-refractivity contribution in [1.29, 1.82) is 0 Å². The maximum Gasteiger partial charge on any atom is 0.264 e. The van der Waals surface area contributed by atoms with Crippen LogP contribution in [0.2, 0.25) is 0 Å². The van der Waals surface area contributed by atoms with Crippen LogP contribution in [0.25, 0.3) is 0 Å². The van der Waals surface area contributed by atoms with Crippen LogP contribution in [0.15, 0.2) is 53.4 Å². The van der Waals surface area contributed by atoms with Gasteiger partial charge in [-0.15, -0.1) is 0 Å². The molecule has 0 spiro atoms. The summed E-state index contributed by atoms with van der Waals surface area (Å²) in [5, 5.41) is 2.90. The maximum absolute atomic E-state index is 13.5. The average molecular weight is 488 g/mol. The molecule has 186 valence electrons. The van der Waals surface area contributed by atoms with Gasteiger partial charge < -0.3 is 15.0 Å². The SMILES string of the molecule is CCOc1ccc(S(=O)(=O)N(CC(=O)NCCCN2CCC(C)CC2)c2ccc(C)cc2)cc1. The third kappa shape index (κ3) is 7.21. The van der Waals surface area contributed by atoms with Crippen molar-refractivity contribution in [2.24, 2.45) is 5.92 Å². The fourth-order valence-corrected chi connectivity index (χ4v) is 5.45. The molecule has 3 rings (SSSR count). The van der Waals surface area contributed by atoms with Crippen LogP contribution < -0.4 is 14.4 Å². The second kappa shape index (κ2) is 12.2. The Morgan fingerprint density at radius 1 is 1.09 bits per heavy atom. The Balaban J connectivity index is 1.65. The fraction of sp³-hybridized carbons (Fsp3) is 0.500. The van der Waals surface area contributed by atoms with Crippen LogP contribution >= 0.6 is 0 Å². The van der Waals surface area contributed by atoms with Gasteiger partial charge in [0.25, 0.3) is 10.0 Å². The van der Waals surface area contributed by atoms with E-state index >= 15 is 0 Å². The predicted molar refractivity (Wildman–Crippen MR) is 136 cm³/mol. The minimum absolute atomic E-state index is 0.114. The number of benzene rings is 2. The molecule has 2 aromatic carbocycles. The zero-order valence-electron chi connectivity index (χ0n) is 20.5. The summed E-state index contributed by atoms with van der Waals surface area (Å²) in [7, 11) is -3.94. The molecule has 0 unspecified atom stereocenters. The van der Waals surface area contributed by atoms with E-state index in [0.29, 0.717) is 24.6 Å². The number of ether oxygens (including phenoxy) is 1. The molecule has 1 heterocycles. The normalized spacial score (nSPS) is 15.1. The van der Waals surface area contributed by atoms with E-state index in [1.165, 1.54) is 29.3 Å². The number of nitrogens with zero attached hydrogens (tertiary/aromatic N) is 2. The summed E-state index contributed by atoms with van der Waals surface area (Å²) in [5.74, 6) is 1.08. The number of carbonyl (C=O) groups is 1. The lowest BCUT2D eigenvalue weighted by molar-refractivity contribution is -0.119.